The van der Waals surface area contributed by atoms with Gasteiger partial charge in [0.15, 0.2) is 24.4 Å². The highest BCUT2D eigenvalue weighted by molar-refractivity contribution is 14.1. The van der Waals surface area contributed by atoms with E-state index in [0.717, 1.165) is 29.6 Å². The lowest BCUT2D eigenvalue weighted by Crippen LogP contribution is -2.09. The van der Waals surface area contributed by atoms with Crippen LogP contribution in [0.2, 0.25) is 0 Å². The summed E-state index contributed by atoms with van der Waals surface area (Å²) >= 11 is 4.48. The lowest BCUT2D eigenvalue weighted by Gasteiger charge is -2.10. The maximum Gasteiger partial charge on any atom is 0.317 e. The minimum atomic E-state index is -0.435. The van der Waals surface area contributed by atoms with Crippen LogP contribution in [-0.4, -0.2) is 79.9 Å². The molecule has 0 radical (unpaired) electrons. The van der Waals surface area contributed by atoms with Crippen LogP contribution in [0.15, 0.2) is 97.6 Å². The van der Waals surface area contributed by atoms with Gasteiger partial charge in [-0.15, -0.1) is 40.2 Å². The average molecular weight is 935 g/mol. The molecule has 0 saturated heterocycles. The maximum absolute atomic E-state index is 5.90. The first-order chi connectivity index (χ1) is 25.8. The number of rotatable bonds is 10. The van der Waals surface area contributed by atoms with E-state index in [-0.39, 0.29) is 6.61 Å². The molecule has 53 heavy (non-hydrogen) atoms. The summed E-state index contributed by atoms with van der Waals surface area (Å²) in [5.74, 6) is 2.30. The second-order valence-electron chi connectivity index (χ2n) is 11.1. The van der Waals surface area contributed by atoms with Gasteiger partial charge in [-0.3, -0.25) is 19.1 Å². The maximum atomic E-state index is 5.90. The van der Waals surface area contributed by atoms with Gasteiger partial charge in [-0.1, -0.05) is 22.3 Å². The summed E-state index contributed by atoms with van der Waals surface area (Å²) in [6.45, 7) is 1.99. The van der Waals surface area contributed by atoms with Gasteiger partial charge in [0.25, 0.3) is 0 Å². The van der Waals surface area contributed by atoms with Gasteiger partial charge in [0.05, 0.1) is 11.4 Å². The summed E-state index contributed by atoms with van der Waals surface area (Å²) < 4.78 is 17.3. The van der Waals surface area contributed by atoms with Crippen molar-refractivity contribution in [1.29, 1.82) is 0 Å². The molecule has 6 heterocycles. The highest BCUT2D eigenvalue weighted by Gasteiger charge is 2.20. The third kappa shape index (κ3) is 8.48. The monoisotopic (exact) mass is 934 g/mol. The minimum Gasteiger partial charge on any atom is -0.455 e. The fourth-order valence-corrected chi connectivity index (χ4v) is 5.86. The number of hydrogen-bond donors (Lipinski definition) is 0. The first-order valence-corrected chi connectivity index (χ1v) is 18.0. The molecule has 18 nitrogen and oxygen atoms in total. The summed E-state index contributed by atoms with van der Waals surface area (Å²) in [6, 6.07) is 23.9. The molecule has 0 saturated carbocycles. The van der Waals surface area contributed by atoms with Crippen LogP contribution >= 0.6 is 45.2 Å². The molecule has 6 aromatic heterocycles. The summed E-state index contributed by atoms with van der Waals surface area (Å²) in [6.07, 6.45) is 6.39. The zero-order chi connectivity index (χ0) is 36.7. The first kappa shape index (κ1) is 35.6. The Morgan fingerprint density at radius 3 is 1.74 bits per heavy atom. The van der Waals surface area contributed by atoms with Gasteiger partial charge in [-0.2, -0.15) is 0 Å². The number of ether oxygens (including phenoxy) is 2. The molecule has 266 valence electrons. The van der Waals surface area contributed by atoms with Crippen molar-refractivity contribution in [2.45, 2.75) is 19.6 Å². The lowest BCUT2D eigenvalue weighted by molar-refractivity contribution is 0.190. The third-order valence-corrected chi connectivity index (χ3v) is 8.83. The van der Waals surface area contributed by atoms with Crippen LogP contribution in [0.4, 0.5) is 0 Å². The molecule has 0 aliphatic rings. The molecule has 20 heteroatoms. The Balaban J connectivity index is 0.000000164. The predicted octanol–water partition coefficient (Wildman–Crippen LogP) is 4.63. The Labute approximate surface area is 328 Å². The summed E-state index contributed by atoms with van der Waals surface area (Å²) in [5.41, 5.74) is 3.50. The minimum absolute atomic E-state index is 0.145. The number of hydrogen-bond acceptors (Lipinski definition) is 14. The van der Waals surface area contributed by atoms with Gasteiger partial charge >= 0.3 is 12.0 Å². The third-order valence-electron chi connectivity index (χ3n) is 7.49. The fraction of sp³-hybridized carbons (Fsp3) is 0.152. The van der Waals surface area contributed by atoms with Crippen LogP contribution in [0.25, 0.3) is 34.2 Å². The van der Waals surface area contributed by atoms with Crippen molar-refractivity contribution in [3.63, 3.8) is 0 Å². The molecular weight excluding hydrogens is 906 g/mol. The molecule has 0 spiro atoms. The Hall–Kier alpha value is -5.78. The molecular formula is C33H28I2N16O2. The Morgan fingerprint density at radius 1 is 0.623 bits per heavy atom. The van der Waals surface area contributed by atoms with Crippen molar-refractivity contribution in [1.82, 2.24) is 79.9 Å². The van der Waals surface area contributed by atoms with Gasteiger partial charge in [-0.25, -0.2) is 0 Å². The van der Waals surface area contributed by atoms with Crippen LogP contribution in [0.1, 0.15) is 24.7 Å². The van der Waals surface area contributed by atoms with E-state index in [1.165, 1.54) is 9.59 Å². The zero-order valence-corrected chi connectivity index (χ0v) is 32.6. The molecule has 0 N–H and O–H groups in total. The number of aromatic nitrogens is 16. The normalized spacial score (nSPS) is 11.5. The quantitative estimate of drug-likeness (QED) is 0.172. The van der Waals surface area contributed by atoms with Crippen LogP contribution in [0.5, 0.6) is 12.0 Å². The van der Waals surface area contributed by atoms with E-state index in [2.05, 4.69) is 106 Å². The molecule has 0 bridgehead atoms. The highest BCUT2D eigenvalue weighted by Crippen LogP contribution is 2.23. The topological polar surface area (TPSA) is 193 Å². The van der Waals surface area contributed by atoms with E-state index in [9.17, 15) is 0 Å². The van der Waals surface area contributed by atoms with Crippen molar-refractivity contribution in [3.8, 4) is 46.2 Å². The molecule has 0 fully saturated rings. The molecule has 8 rings (SSSR count). The van der Waals surface area contributed by atoms with Crippen LogP contribution in [0.3, 0.4) is 0 Å². The number of halogens is 2. The van der Waals surface area contributed by atoms with Gasteiger partial charge in [0.2, 0.25) is 11.6 Å². The Kier molecular flexibility index (Phi) is 10.9. The molecule has 0 amide bonds. The van der Waals surface area contributed by atoms with Gasteiger partial charge in [0, 0.05) is 57.1 Å². The summed E-state index contributed by atoms with van der Waals surface area (Å²) in [7, 11) is 3.68. The Bertz CT molecular complexity index is 2430. The van der Waals surface area contributed by atoms with E-state index < -0.39 is 6.10 Å². The second kappa shape index (κ2) is 16.3. The van der Waals surface area contributed by atoms with E-state index >= 15 is 0 Å². The SMILES string of the molecule is CC(Oc1nnc(-c2ccncc2)n1C)c1nnn(-c2cccc(I)c2)n1.Cn1c(OCc2nnn(-c3cccc(I)c3)n2)nnc1-c1ccncc1. The smallest absolute Gasteiger partial charge is 0.317 e. The van der Waals surface area contributed by atoms with Crippen molar-refractivity contribution >= 4 is 45.2 Å². The highest BCUT2D eigenvalue weighted by atomic mass is 127. The molecule has 1 atom stereocenters. The van der Waals surface area contributed by atoms with Crippen molar-refractivity contribution < 1.29 is 9.47 Å². The fourth-order valence-electron chi connectivity index (χ4n) is 4.81. The number of nitrogens with zero attached hydrogens (tertiary/aromatic N) is 16. The van der Waals surface area contributed by atoms with Gasteiger partial charge in [-0.05, 0) is 123 Å². The van der Waals surface area contributed by atoms with E-state index in [4.69, 9.17) is 9.47 Å². The lowest BCUT2D eigenvalue weighted by atomic mass is 10.2. The zero-order valence-electron chi connectivity index (χ0n) is 28.2. The van der Waals surface area contributed by atoms with Gasteiger partial charge in [0.1, 0.15) is 0 Å². The van der Waals surface area contributed by atoms with Crippen LogP contribution in [0, 0.1) is 7.14 Å². The van der Waals surface area contributed by atoms with Crippen LogP contribution < -0.4 is 9.47 Å². The number of tetrazole rings is 2. The summed E-state index contributed by atoms with van der Waals surface area (Å²) in [5, 5.41) is 41.6. The largest absolute Gasteiger partial charge is 0.455 e. The molecule has 2 aromatic carbocycles. The average Bonchev–Trinajstić information content (AvgIpc) is 4.00. The standard InChI is InChI=1S/C17H15IN8O.C16H13IN8O/c1-11(15-20-24-26(23-15)14-5-3-4-13(18)10-14)27-17-22-21-16(25(17)2)12-6-8-19-9-7-12;1-24-15(11-5-7-18-8-6-11)20-21-16(24)26-10-14-19-23-25(22-14)13-4-2-3-12(17)9-13/h3-11H,1-2H3;2-9H,10H2,1H3. The van der Waals surface area contributed by atoms with E-state index in [1.54, 1.807) is 33.9 Å². The first-order valence-electron chi connectivity index (χ1n) is 15.8. The molecule has 0 aliphatic carbocycles. The van der Waals surface area contributed by atoms with E-state index in [1.807, 2.05) is 93.8 Å². The van der Waals surface area contributed by atoms with Crippen molar-refractivity contribution in [3.05, 3.63) is 116 Å². The Morgan fingerprint density at radius 2 is 1.15 bits per heavy atom. The number of pyridine rings is 2. The molecule has 8 aromatic rings. The van der Waals surface area contributed by atoms with Crippen molar-refractivity contribution in [2.24, 2.45) is 14.1 Å². The predicted molar refractivity (Wildman–Crippen MR) is 206 cm³/mol. The van der Waals surface area contributed by atoms with Gasteiger partial charge < -0.3 is 9.47 Å². The second-order valence-corrected chi connectivity index (χ2v) is 13.6. The van der Waals surface area contributed by atoms with Crippen LogP contribution in [-0.2, 0) is 20.7 Å². The van der Waals surface area contributed by atoms with E-state index in [0.29, 0.717) is 35.3 Å². The molecule has 1 unspecified atom stereocenters. The number of benzene rings is 2. The summed E-state index contributed by atoms with van der Waals surface area (Å²) in [4.78, 5) is 11.0. The van der Waals surface area contributed by atoms with Crippen molar-refractivity contribution in [2.75, 3.05) is 0 Å². The molecule has 0 aliphatic heterocycles.